The SMILES string of the molecule is CNC(C)Cc1ccccc1.[Cl-]. The fourth-order valence-electron chi connectivity index (χ4n) is 1.07. The number of nitrogens with one attached hydrogen (secondary N) is 1. The van der Waals surface area contributed by atoms with Gasteiger partial charge in [-0.1, -0.05) is 30.3 Å². The predicted molar refractivity (Wildman–Crippen MR) is 48.7 cm³/mol. The Balaban J connectivity index is 0.00000121. The largest absolute Gasteiger partial charge is 1.00 e. The highest BCUT2D eigenvalue weighted by molar-refractivity contribution is 5.15. The minimum Gasteiger partial charge on any atom is -1.00 e. The first-order valence-electron chi connectivity index (χ1n) is 4.04. The molecule has 1 aromatic carbocycles. The summed E-state index contributed by atoms with van der Waals surface area (Å²) in [5.41, 5.74) is 1.40. The summed E-state index contributed by atoms with van der Waals surface area (Å²) < 4.78 is 0. The van der Waals surface area contributed by atoms with Crippen molar-refractivity contribution >= 4 is 0 Å². The predicted octanol–water partition coefficient (Wildman–Crippen LogP) is -1.16. The lowest BCUT2D eigenvalue weighted by Crippen LogP contribution is -3.00. The number of halogens is 1. The van der Waals surface area contributed by atoms with Crippen LogP contribution in [0.15, 0.2) is 30.3 Å². The quantitative estimate of drug-likeness (QED) is 0.625. The lowest BCUT2D eigenvalue weighted by atomic mass is 10.1. The van der Waals surface area contributed by atoms with Gasteiger partial charge in [0.1, 0.15) is 0 Å². The van der Waals surface area contributed by atoms with E-state index in [-0.39, 0.29) is 12.4 Å². The van der Waals surface area contributed by atoms with E-state index in [0.29, 0.717) is 6.04 Å². The zero-order valence-corrected chi connectivity index (χ0v) is 8.31. The van der Waals surface area contributed by atoms with Crippen molar-refractivity contribution in [3.63, 3.8) is 0 Å². The number of likely N-dealkylation sites (N-methyl/N-ethyl adjacent to an activating group) is 1. The maximum absolute atomic E-state index is 3.21. The van der Waals surface area contributed by atoms with Crippen LogP contribution >= 0.6 is 0 Å². The number of rotatable bonds is 3. The summed E-state index contributed by atoms with van der Waals surface area (Å²) in [5, 5.41) is 3.21. The first kappa shape index (κ1) is 11.5. The Kier molecular flexibility index (Phi) is 5.77. The molecule has 1 unspecified atom stereocenters. The highest BCUT2D eigenvalue weighted by Crippen LogP contribution is 2.01. The van der Waals surface area contributed by atoms with Crippen molar-refractivity contribution < 1.29 is 12.4 Å². The highest BCUT2D eigenvalue weighted by atomic mass is 35.5. The number of benzene rings is 1. The molecule has 68 valence electrons. The van der Waals surface area contributed by atoms with Gasteiger partial charge in [0.15, 0.2) is 0 Å². The van der Waals surface area contributed by atoms with Gasteiger partial charge in [0.05, 0.1) is 0 Å². The molecular weight excluding hydrogens is 170 g/mol. The van der Waals surface area contributed by atoms with Gasteiger partial charge in [-0.25, -0.2) is 0 Å². The Labute approximate surface area is 80.6 Å². The van der Waals surface area contributed by atoms with Gasteiger partial charge in [-0.15, -0.1) is 0 Å². The Bertz CT molecular complexity index is 198. The second-order valence-electron chi connectivity index (χ2n) is 2.88. The van der Waals surface area contributed by atoms with Crippen molar-refractivity contribution in [3.8, 4) is 0 Å². The molecule has 1 nitrogen and oxygen atoms in total. The van der Waals surface area contributed by atoms with Gasteiger partial charge in [-0.2, -0.15) is 0 Å². The van der Waals surface area contributed by atoms with Crippen LogP contribution in [-0.4, -0.2) is 13.1 Å². The molecule has 12 heavy (non-hydrogen) atoms. The van der Waals surface area contributed by atoms with Gasteiger partial charge in [0.25, 0.3) is 0 Å². The minimum atomic E-state index is 0. The minimum absolute atomic E-state index is 0. The highest BCUT2D eigenvalue weighted by Gasteiger charge is 1.97. The van der Waals surface area contributed by atoms with Gasteiger partial charge < -0.3 is 17.7 Å². The van der Waals surface area contributed by atoms with E-state index >= 15 is 0 Å². The molecule has 1 aromatic rings. The smallest absolute Gasteiger partial charge is 0.00761 e. The molecule has 0 saturated carbocycles. The monoisotopic (exact) mass is 184 g/mol. The second kappa shape index (κ2) is 6.04. The van der Waals surface area contributed by atoms with E-state index in [1.165, 1.54) is 5.56 Å². The van der Waals surface area contributed by atoms with E-state index in [4.69, 9.17) is 0 Å². The van der Waals surface area contributed by atoms with Crippen molar-refractivity contribution in [2.24, 2.45) is 0 Å². The summed E-state index contributed by atoms with van der Waals surface area (Å²) in [5.74, 6) is 0. The fourth-order valence-corrected chi connectivity index (χ4v) is 1.07. The van der Waals surface area contributed by atoms with E-state index in [0.717, 1.165) is 6.42 Å². The van der Waals surface area contributed by atoms with Crippen LogP contribution in [0.1, 0.15) is 12.5 Å². The van der Waals surface area contributed by atoms with E-state index in [1.807, 2.05) is 13.1 Å². The topological polar surface area (TPSA) is 12.0 Å². The first-order valence-corrected chi connectivity index (χ1v) is 4.04. The van der Waals surface area contributed by atoms with E-state index < -0.39 is 0 Å². The normalized spacial score (nSPS) is 11.8. The molecule has 0 bridgehead atoms. The van der Waals surface area contributed by atoms with Gasteiger partial charge in [-0.05, 0) is 26.0 Å². The lowest BCUT2D eigenvalue weighted by Gasteiger charge is -2.08. The lowest BCUT2D eigenvalue weighted by molar-refractivity contribution is -0.00000249. The summed E-state index contributed by atoms with van der Waals surface area (Å²) in [6, 6.07) is 11.1. The summed E-state index contributed by atoms with van der Waals surface area (Å²) in [4.78, 5) is 0. The molecule has 0 spiro atoms. The maximum Gasteiger partial charge on any atom is 0.00761 e. The third kappa shape index (κ3) is 3.74. The van der Waals surface area contributed by atoms with Gasteiger partial charge in [0, 0.05) is 6.04 Å². The van der Waals surface area contributed by atoms with Crippen LogP contribution in [-0.2, 0) is 6.42 Å². The molecule has 0 aromatic heterocycles. The standard InChI is InChI=1S/C10H15N.ClH/c1-9(11-2)8-10-6-4-3-5-7-10;/h3-7,9,11H,8H2,1-2H3;1H/p-1. The van der Waals surface area contributed by atoms with Crippen molar-refractivity contribution in [2.45, 2.75) is 19.4 Å². The van der Waals surface area contributed by atoms with Crippen LogP contribution < -0.4 is 17.7 Å². The average Bonchev–Trinajstić information content (AvgIpc) is 2.06. The Hall–Kier alpha value is -0.530. The van der Waals surface area contributed by atoms with Crippen LogP contribution in [0.25, 0.3) is 0 Å². The summed E-state index contributed by atoms with van der Waals surface area (Å²) in [6.07, 6.45) is 1.11. The Morgan fingerprint density at radius 3 is 2.33 bits per heavy atom. The fraction of sp³-hybridized carbons (Fsp3) is 0.400. The molecule has 1 atom stereocenters. The molecule has 0 saturated heterocycles. The zero-order chi connectivity index (χ0) is 8.10. The van der Waals surface area contributed by atoms with Crippen LogP contribution in [0.3, 0.4) is 0 Å². The van der Waals surface area contributed by atoms with E-state index in [1.54, 1.807) is 0 Å². The maximum atomic E-state index is 3.21. The van der Waals surface area contributed by atoms with E-state index in [2.05, 4.69) is 36.5 Å². The Morgan fingerprint density at radius 2 is 1.83 bits per heavy atom. The summed E-state index contributed by atoms with van der Waals surface area (Å²) >= 11 is 0. The molecule has 0 aliphatic rings. The van der Waals surface area contributed by atoms with Crippen LogP contribution in [0.2, 0.25) is 0 Å². The van der Waals surface area contributed by atoms with Crippen LogP contribution in [0.4, 0.5) is 0 Å². The molecule has 0 heterocycles. The molecule has 2 heteroatoms. The summed E-state index contributed by atoms with van der Waals surface area (Å²) in [6.45, 7) is 2.19. The van der Waals surface area contributed by atoms with Gasteiger partial charge >= 0.3 is 0 Å². The molecule has 0 aliphatic heterocycles. The van der Waals surface area contributed by atoms with Crippen LogP contribution in [0.5, 0.6) is 0 Å². The van der Waals surface area contributed by atoms with Crippen LogP contribution in [0, 0.1) is 0 Å². The Morgan fingerprint density at radius 1 is 1.25 bits per heavy atom. The third-order valence-corrected chi connectivity index (χ3v) is 1.88. The third-order valence-electron chi connectivity index (χ3n) is 1.88. The van der Waals surface area contributed by atoms with Crippen molar-refractivity contribution in [1.29, 1.82) is 0 Å². The van der Waals surface area contributed by atoms with Gasteiger partial charge in [-0.3, -0.25) is 0 Å². The molecule has 0 amide bonds. The number of hydrogen-bond acceptors (Lipinski definition) is 1. The van der Waals surface area contributed by atoms with Crippen molar-refractivity contribution in [1.82, 2.24) is 5.32 Å². The molecule has 0 radical (unpaired) electrons. The molecule has 0 aliphatic carbocycles. The summed E-state index contributed by atoms with van der Waals surface area (Å²) in [7, 11) is 1.99. The molecular formula is C10H15ClN-. The first-order chi connectivity index (χ1) is 5.33. The molecule has 1 rings (SSSR count). The molecule has 0 fully saturated rings. The zero-order valence-electron chi connectivity index (χ0n) is 7.55. The van der Waals surface area contributed by atoms with Crippen molar-refractivity contribution in [2.75, 3.05) is 7.05 Å². The average molecular weight is 185 g/mol. The van der Waals surface area contributed by atoms with Gasteiger partial charge in [0.2, 0.25) is 0 Å². The van der Waals surface area contributed by atoms with E-state index in [9.17, 15) is 0 Å². The number of hydrogen-bond donors (Lipinski definition) is 1. The second-order valence-corrected chi connectivity index (χ2v) is 2.88. The molecule has 1 N–H and O–H groups in total. The van der Waals surface area contributed by atoms with Crippen molar-refractivity contribution in [3.05, 3.63) is 35.9 Å².